The Hall–Kier alpha value is -3.44. The molecule has 0 aliphatic rings. The Labute approximate surface area is 186 Å². The number of rotatable bonds is 5. The normalized spacial score (nSPS) is 11.2. The standard InChI is InChI=1S/C26H22N4S/c1-18-7-10-24(15-19(18)2)30-25(22-11-13-27-14-12-22)28-29-26(30)31-17-20-8-9-21-5-3-4-6-23(21)16-20/h3-16H,17H2,1-2H3. The molecule has 0 saturated heterocycles. The van der Waals surface area contributed by atoms with Crippen LogP contribution in [-0.4, -0.2) is 19.7 Å². The molecule has 2 aromatic heterocycles. The number of benzene rings is 3. The van der Waals surface area contributed by atoms with Crippen LogP contribution in [0.2, 0.25) is 0 Å². The van der Waals surface area contributed by atoms with Crippen LogP contribution >= 0.6 is 11.8 Å². The second kappa shape index (κ2) is 8.36. The largest absolute Gasteiger partial charge is 0.270 e. The van der Waals surface area contributed by atoms with Gasteiger partial charge in [-0.15, -0.1) is 10.2 Å². The van der Waals surface area contributed by atoms with Gasteiger partial charge in [0.15, 0.2) is 11.0 Å². The molecule has 5 aromatic rings. The van der Waals surface area contributed by atoms with Crippen molar-refractivity contribution in [1.82, 2.24) is 19.7 Å². The maximum atomic E-state index is 4.55. The van der Waals surface area contributed by atoms with Crippen molar-refractivity contribution in [2.45, 2.75) is 24.8 Å². The molecular weight excluding hydrogens is 400 g/mol. The van der Waals surface area contributed by atoms with Gasteiger partial charge in [0, 0.05) is 23.7 Å². The molecule has 0 amide bonds. The first-order valence-corrected chi connectivity index (χ1v) is 11.2. The lowest BCUT2D eigenvalue weighted by Crippen LogP contribution is -2.01. The maximum absolute atomic E-state index is 4.55. The number of nitrogens with zero attached hydrogens (tertiary/aromatic N) is 4. The van der Waals surface area contributed by atoms with Gasteiger partial charge in [-0.2, -0.15) is 0 Å². The predicted octanol–water partition coefficient (Wildman–Crippen LogP) is 6.39. The Bertz CT molecular complexity index is 1360. The van der Waals surface area contributed by atoms with E-state index in [1.165, 1.54) is 27.5 Å². The van der Waals surface area contributed by atoms with Crippen LogP contribution in [0.1, 0.15) is 16.7 Å². The lowest BCUT2D eigenvalue weighted by molar-refractivity contribution is 0.884. The van der Waals surface area contributed by atoms with Crippen molar-refractivity contribution >= 4 is 22.5 Å². The van der Waals surface area contributed by atoms with Gasteiger partial charge in [-0.1, -0.05) is 60.3 Å². The summed E-state index contributed by atoms with van der Waals surface area (Å²) in [5.74, 6) is 1.65. The van der Waals surface area contributed by atoms with E-state index in [1.807, 2.05) is 12.1 Å². The topological polar surface area (TPSA) is 43.6 Å². The molecule has 5 heteroatoms. The third-order valence-corrected chi connectivity index (χ3v) is 6.50. The van der Waals surface area contributed by atoms with Crippen LogP contribution in [0.3, 0.4) is 0 Å². The molecule has 0 radical (unpaired) electrons. The molecule has 0 aliphatic heterocycles. The number of thioether (sulfide) groups is 1. The summed E-state index contributed by atoms with van der Waals surface area (Å²) in [7, 11) is 0. The summed E-state index contributed by atoms with van der Waals surface area (Å²) in [5.41, 5.74) is 5.85. The fourth-order valence-corrected chi connectivity index (χ4v) is 4.52. The van der Waals surface area contributed by atoms with E-state index >= 15 is 0 Å². The average Bonchev–Trinajstić information content (AvgIpc) is 3.24. The molecule has 3 aromatic carbocycles. The lowest BCUT2D eigenvalue weighted by Gasteiger charge is -2.12. The predicted molar refractivity (Wildman–Crippen MR) is 128 cm³/mol. The highest BCUT2D eigenvalue weighted by atomic mass is 32.2. The van der Waals surface area contributed by atoms with Gasteiger partial charge in [0.05, 0.1) is 5.69 Å². The minimum atomic E-state index is 0.824. The highest BCUT2D eigenvalue weighted by molar-refractivity contribution is 7.98. The molecule has 152 valence electrons. The van der Waals surface area contributed by atoms with E-state index in [4.69, 9.17) is 0 Å². The zero-order valence-corrected chi connectivity index (χ0v) is 18.3. The van der Waals surface area contributed by atoms with Crippen molar-refractivity contribution in [3.8, 4) is 17.1 Å². The van der Waals surface area contributed by atoms with E-state index in [9.17, 15) is 0 Å². The fourth-order valence-electron chi connectivity index (χ4n) is 3.63. The van der Waals surface area contributed by atoms with Gasteiger partial charge in [0.1, 0.15) is 0 Å². The summed E-state index contributed by atoms with van der Waals surface area (Å²) >= 11 is 1.70. The van der Waals surface area contributed by atoms with Crippen molar-refractivity contribution in [1.29, 1.82) is 0 Å². The molecule has 0 aliphatic carbocycles. The summed E-state index contributed by atoms with van der Waals surface area (Å²) in [5, 5.41) is 12.5. The third-order valence-electron chi connectivity index (χ3n) is 5.50. The molecule has 2 heterocycles. The minimum absolute atomic E-state index is 0.824. The molecular formula is C26H22N4S. The molecule has 0 unspecified atom stereocenters. The molecule has 5 rings (SSSR count). The minimum Gasteiger partial charge on any atom is -0.270 e. The number of pyridine rings is 1. The van der Waals surface area contributed by atoms with Gasteiger partial charge in [-0.25, -0.2) is 0 Å². The number of aromatic nitrogens is 4. The van der Waals surface area contributed by atoms with E-state index in [0.717, 1.165) is 28.0 Å². The van der Waals surface area contributed by atoms with Crippen LogP contribution in [0.4, 0.5) is 0 Å². The van der Waals surface area contributed by atoms with E-state index in [2.05, 4.69) is 94.3 Å². The monoisotopic (exact) mass is 422 g/mol. The smallest absolute Gasteiger partial charge is 0.196 e. The van der Waals surface area contributed by atoms with Crippen molar-refractivity contribution in [3.63, 3.8) is 0 Å². The van der Waals surface area contributed by atoms with Gasteiger partial charge in [0.2, 0.25) is 0 Å². The van der Waals surface area contributed by atoms with Crippen LogP contribution < -0.4 is 0 Å². The fraction of sp³-hybridized carbons (Fsp3) is 0.115. The van der Waals surface area contributed by atoms with Crippen LogP contribution in [0, 0.1) is 13.8 Å². The van der Waals surface area contributed by atoms with E-state index in [1.54, 1.807) is 24.2 Å². The second-order valence-corrected chi connectivity index (χ2v) is 8.56. The summed E-state index contributed by atoms with van der Waals surface area (Å²) in [6.45, 7) is 4.27. The summed E-state index contributed by atoms with van der Waals surface area (Å²) < 4.78 is 2.15. The second-order valence-electron chi connectivity index (χ2n) is 7.62. The van der Waals surface area contributed by atoms with Crippen molar-refractivity contribution in [2.24, 2.45) is 0 Å². The highest BCUT2D eigenvalue weighted by Crippen LogP contribution is 2.31. The lowest BCUT2D eigenvalue weighted by atomic mass is 10.1. The number of aryl methyl sites for hydroxylation is 2. The van der Waals surface area contributed by atoms with Gasteiger partial charge in [-0.3, -0.25) is 9.55 Å². The molecule has 4 nitrogen and oxygen atoms in total. The first kappa shape index (κ1) is 19.5. The summed E-state index contributed by atoms with van der Waals surface area (Å²) in [6.07, 6.45) is 3.58. The summed E-state index contributed by atoms with van der Waals surface area (Å²) in [6, 6.07) is 25.5. The number of fused-ring (bicyclic) bond motifs is 1. The Balaban J connectivity index is 1.53. The van der Waals surface area contributed by atoms with Crippen LogP contribution in [0.5, 0.6) is 0 Å². The molecule has 0 spiro atoms. The Morgan fingerprint density at radius 3 is 2.39 bits per heavy atom. The maximum Gasteiger partial charge on any atom is 0.196 e. The van der Waals surface area contributed by atoms with E-state index in [0.29, 0.717) is 0 Å². The third kappa shape index (κ3) is 3.97. The molecule has 0 saturated carbocycles. The Kier molecular flexibility index (Phi) is 5.26. The molecule has 31 heavy (non-hydrogen) atoms. The zero-order chi connectivity index (χ0) is 21.2. The first-order chi connectivity index (χ1) is 15.2. The number of hydrogen-bond acceptors (Lipinski definition) is 4. The Morgan fingerprint density at radius 2 is 1.58 bits per heavy atom. The molecule has 0 N–H and O–H groups in total. The average molecular weight is 423 g/mol. The van der Waals surface area contributed by atoms with Crippen molar-refractivity contribution in [2.75, 3.05) is 0 Å². The van der Waals surface area contributed by atoms with Crippen LogP contribution in [-0.2, 0) is 5.75 Å². The van der Waals surface area contributed by atoms with Crippen molar-refractivity contribution in [3.05, 3.63) is 102 Å². The van der Waals surface area contributed by atoms with Crippen LogP contribution in [0.25, 0.3) is 27.8 Å². The van der Waals surface area contributed by atoms with Gasteiger partial charge in [-0.05, 0) is 65.6 Å². The van der Waals surface area contributed by atoms with Crippen molar-refractivity contribution < 1.29 is 0 Å². The molecule has 0 bridgehead atoms. The van der Waals surface area contributed by atoms with Gasteiger partial charge < -0.3 is 0 Å². The molecule has 0 fully saturated rings. The quantitative estimate of drug-likeness (QED) is 0.308. The van der Waals surface area contributed by atoms with Gasteiger partial charge in [0.25, 0.3) is 0 Å². The van der Waals surface area contributed by atoms with Crippen LogP contribution in [0.15, 0.2) is 90.3 Å². The SMILES string of the molecule is Cc1ccc(-n2c(SCc3ccc4ccccc4c3)nnc2-c2ccncc2)cc1C. The van der Waals surface area contributed by atoms with E-state index < -0.39 is 0 Å². The first-order valence-electron chi connectivity index (χ1n) is 10.2. The van der Waals surface area contributed by atoms with E-state index in [-0.39, 0.29) is 0 Å². The van der Waals surface area contributed by atoms with Gasteiger partial charge >= 0.3 is 0 Å². The number of hydrogen-bond donors (Lipinski definition) is 0. The highest BCUT2D eigenvalue weighted by Gasteiger charge is 2.17. The molecule has 0 atom stereocenters. The Morgan fingerprint density at radius 1 is 0.774 bits per heavy atom. The summed E-state index contributed by atoms with van der Waals surface area (Å²) in [4.78, 5) is 4.14. The zero-order valence-electron chi connectivity index (χ0n) is 17.5.